The molecule has 1 aliphatic rings. The Bertz CT molecular complexity index is 209. The highest BCUT2D eigenvalue weighted by molar-refractivity contribution is 5.80. The summed E-state index contributed by atoms with van der Waals surface area (Å²) in [7, 11) is 0. The van der Waals surface area contributed by atoms with Crippen LogP contribution in [0.3, 0.4) is 0 Å². The maximum Gasteiger partial charge on any atom is 0.255 e. The SMILES string of the molecule is CC(C)CC1NCC(=O)N1CC(F)F. The first-order chi connectivity index (χ1) is 6.50. The number of hydrogen-bond acceptors (Lipinski definition) is 2. The first-order valence-electron chi connectivity index (χ1n) is 4.81. The number of nitrogens with one attached hydrogen (secondary N) is 1. The van der Waals surface area contributed by atoms with Gasteiger partial charge in [0.1, 0.15) is 0 Å². The van der Waals surface area contributed by atoms with E-state index in [0.717, 1.165) is 6.42 Å². The Morgan fingerprint density at radius 1 is 1.57 bits per heavy atom. The largest absolute Gasteiger partial charge is 0.320 e. The normalized spacial score (nSPS) is 22.9. The Labute approximate surface area is 82.5 Å². The molecule has 1 heterocycles. The summed E-state index contributed by atoms with van der Waals surface area (Å²) in [5.41, 5.74) is 0. The van der Waals surface area contributed by atoms with E-state index in [9.17, 15) is 13.6 Å². The summed E-state index contributed by atoms with van der Waals surface area (Å²) >= 11 is 0. The third-order valence-electron chi connectivity index (χ3n) is 2.21. The molecule has 1 fully saturated rings. The Morgan fingerprint density at radius 2 is 2.21 bits per heavy atom. The van der Waals surface area contributed by atoms with Crippen molar-refractivity contribution in [2.75, 3.05) is 13.1 Å². The van der Waals surface area contributed by atoms with Crippen molar-refractivity contribution in [1.82, 2.24) is 10.2 Å². The van der Waals surface area contributed by atoms with Gasteiger partial charge in [0.25, 0.3) is 6.43 Å². The predicted molar refractivity (Wildman–Crippen MR) is 49.0 cm³/mol. The molecule has 3 nitrogen and oxygen atoms in total. The topological polar surface area (TPSA) is 32.3 Å². The second kappa shape index (κ2) is 4.68. The van der Waals surface area contributed by atoms with Crippen molar-refractivity contribution >= 4 is 5.91 Å². The molecule has 1 atom stereocenters. The first kappa shape index (κ1) is 11.4. The lowest BCUT2D eigenvalue weighted by molar-refractivity contribution is -0.130. The van der Waals surface area contributed by atoms with Gasteiger partial charge >= 0.3 is 0 Å². The molecule has 0 spiro atoms. The molecule has 1 amide bonds. The van der Waals surface area contributed by atoms with Gasteiger partial charge in [-0.2, -0.15) is 0 Å². The van der Waals surface area contributed by atoms with E-state index >= 15 is 0 Å². The number of rotatable bonds is 4. The number of hydrogen-bond donors (Lipinski definition) is 1. The fraction of sp³-hybridized carbons (Fsp3) is 0.889. The van der Waals surface area contributed by atoms with Gasteiger partial charge in [-0.25, -0.2) is 8.78 Å². The van der Waals surface area contributed by atoms with Crippen LogP contribution < -0.4 is 5.32 Å². The minimum Gasteiger partial charge on any atom is -0.320 e. The molecule has 1 saturated heterocycles. The monoisotopic (exact) mass is 206 g/mol. The van der Waals surface area contributed by atoms with Gasteiger partial charge in [-0.3, -0.25) is 10.1 Å². The van der Waals surface area contributed by atoms with Crippen molar-refractivity contribution in [2.24, 2.45) is 5.92 Å². The molecular formula is C9H16F2N2O. The highest BCUT2D eigenvalue weighted by Gasteiger charge is 2.32. The van der Waals surface area contributed by atoms with Crippen LogP contribution in [0.4, 0.5) is 8.78 Å². The van der Waals surface area contributed by atoms with Crippen molar-refractivity contribution in [3.05, 3.63) is 0 Å². The molecule has 14 heavy (non-hydrogen) atoms. The number of alkyl halides is 2. The average Bonchev–Trinajstić information content (AvgIpc) is 2.34. The van der Waals surface area contributed by atoms with Crippen molar-refractivity contribution in [1.29, 1.82) is 0 Å². The van der Waals surface area contributed by atoms with Gasteiger partial charge in [-0.05, 0) is 12.3 Å². The molecular weight excluding hydrogens is 190 g/mol. The van der Waals surface area contributed by atoms with Crippen LogP contribution in [0.15, 0.2) is 0 Å². The van der Waals surface area contributed by atoms with Gasteiger partial charge in [0, 0.05) is 0 Å². The van der Waals surface area contributed by atoms with Crippen molar-refractivity contribution in [2.45, 2.75) is 32.9 Å². The van der Waals surface area contributed by atoms with Crippen LogP contribution in [0.1, 0.15) is 20.3 Å². The number of amides is 1. The van der Waals surface area contributed by atoms with E-state index in [1.54, 1.807) is 0 Å². The molecule has 0 aromatic heterocycles. The molecule has 0 bridgehead atoms. The zero-order valence-corrected chi connectivity index (χ0v) is 8.46. The highest BCUT2D eigenvalue weighted by Crippen LogP contribution is 2.15. The second-order valence-corrected chi connectivity index (χ2v) is 3.96. The van der Waals surface area contributed by atoms with E-state index in [-0.39, 0.29) is 18.6 Å². The van der Waals surface area contributed by atoms with E-state index in [0.29, 0.717) is 5.92 Å². The summed E-state index contributed by atoms with van der Waals surface area (Å²) < 4.78 is 24.3. The number of carbonyl (C=O) groups excluding carboxylic acids is 1. The number of halogens is 2. The maximum absolute atomic E-state index is 12.1. The van der Waals surface area contributed by atoms with Gasteiger partial charge in [0.2, 0.25) is 5.91 Å². The van der Waals surface area contributed by atoms with Crippen molar-refractivity contribution in [3.8, 4) is 0 Å². The summed E-state index contributed by atoms with van der Waals surface area (Å²) in [6.07, 6.45) is -1.94. The van der Waals surface area contributed by atoms with Crippen LogP contribution in [-0.4, -0.2) is 36.5 Å². The van der Waals surface area contributed by atoms with Crippen molar-refractivity contribution < 1.29 is 13.6 Å². The molecule has 0 aromatic rings. The van der Waals surface area contributed by atoms with Crippen LogP contribution in [0.25, 0.3) is 0 Å². The van der Waals surface area contributed by atoms with Gasteiger partial charge in [0.15, 0.2) is 0 Å². The molecule has 1 N–H and O–H groups in total. The lowest BCUT2D eigenvalue weighted by Crippen LogP contribution is -2.41. The molecule has 1 unspecified atom stereocenters. The first-order valence-corrected chi connectivity index (χ1v) is 4.81. The molecule has 82 valence electrons. The average molecular weight is 206 g/mol. The summed E-state index contributed by atoms with van der Waals surface area (Å²) in [5, 5.41) is 2.94. The van der Waals surface area contributed by atoms with Crippen LogP contribution >= 0.6 is 0 Å². The van der Waals surface area contributed by atoms with Crippen LogP contribution in [0, 0.1) is 5.92 Å². The summed E-state index contributed by atoms with van der Waals surface area (Å²) in [6.45, 7) is 3.74. The van der Waals surface area contributed by atoms with E-state index in [2.05, 4.69) is 5.32 Å². The zero-order valence-electron chi connectivity index (χ0n) is 8.46. The zero-order chi connectivity index (χ0) is 10.7. The quantitative estimate of drug-likeness (QED) is 0.745. The minimum atomic E-state index is -2.45. The molecule has 0 saturated carbocycles. The Hall–Kier alpha value is -0.710. The number of carbonyl (C=O) groups is 1. The van der Waals surface area contributed by atoms with E-state index in [4.69, 9.17) is 0 Å². The Morgan fingerprint density at radius 3 is 2.71 bits per heavy atom. The fourth-order valence-corrected chi connectivity index (χ4v) is 1.63. The third-order valence-corrected chi connectivity index (χ3v) is 2.21. The molecule has 1 rings (SSSR count). The van der Waals surface area contributed by atoms with Gasteiger partial charge in [-0.15, -0.1) is 0 Å². The standard InChI is InChI=1S/C9H16F2N2O/c1-6(2)3-8-12-4-9(14)13(8)5-7(10)11/h6-8,12H,3-5H2,1-2H3. The second-order valence-electron chi connectivity index (χ2n) is 3.96. The van der Waals surface area contributed by atoms with Gasteiger partial charge in [-0.1, -0.05) is 13.8 Å². The van der Waals surface area contributed by atoms with Gasteiger partial charge < -0.3 is 4.90 Å². The van der Waals surface area contributed by atoms with Crippen LogP contribution in [0.2, 0.25) is 0 Å². The lowest BCUT2D eigenvalue weighted by atomic mass is 10.1. The van der Waals surface area contributed by atoms with E-state index < -0.39 is 13.0 Å². The maximum atomic E-state index is 12.1. The molecule has 5 heteroatoms. The van der Waals surface area contributed by atoms with Crippen molar-refractivity contribution in [3.63, 3.8) is 0 Å². The highest BCUT2D eigenvalue weighted by atomic mass is 19.3. The Kier molecular flexibility index (Phi) is 3.80. The smallest absolute Gasteiger partial charge is 0.255 e. The molecule has 0 aromatic carbocycles. The predicted octanol–water partition coefficient (Wildman–Crippen LogP) is 1.06. The minimum absolute atomic E-state index is 0.185. The summed E-state index contributed by atoms with van der Waals surface area (Å²) in [5.74, 6) is 0.162. The molecule has 1 aliphatic heterocycles. The summed E-state index contributed by atoms with van der Waals surface area (Å²) in [4.78, 5) is 12.5. The molecule has 0 aliphatic carbocycles. The van der Waals surface area contributed by atoms with E-state index in [1.165, 1.54) is 4.90 Å². The van der Waals surface area contributed by atoms with E-state index in [1.807, 2.05) is 13.8 Å². The molecule has 0 radical (unpaired) electrons. The summed E-state index contributed by atoms with van der Waals surface area (Å²) in [6, 6.07) is 0. The van der Waals surface area contributed by atoms with Gasteiger partial charge in [0.05, 0.1) is 19.3 Å². The third kappa shape index (κ3) is 2.90. The van der Waals surface area contributed by atoms with Crippen LogP contribution in [-0.2, 0) is 4.79 Å². The Balaban J connectivity index is 2.53. The van der Waals surface area contributed by atoms with Crippen LogP contribution in [0.5, 0.6) is 0 Å². The fourth-order valence-electron chi connectivity index (χ4n) is 1.63. The lowest BCUT2D eigenvalue weighted by Gasteiger charge is -2.25. The number of nitrogens with zero attached hydrogens (tertiary/aromatic N) is 1.